The summed E-state index contributed by atoms with van der Waals surface area (Å²) < 4.78 is 18.2. The van der Waals surface area contributed by atoms with Crippen LogP contribution in [0.2, 0.25) is 0 Å². The molecule has 298 valence electrons. The first kappa shape index (κ1) is 45.0. The Labute approximate surface area is 312 Å². The monoisotopic (exact) mass is 747 g/mol. The lowest BCUT2D eigenvalue weighted by atomic mass is 9.93. The van der Waals surface area contributed by atoms with Gasteiger partial charge in [-0.15, -0.1) is 5.10 Å². The predicted octanol–water partition coefficient (Wildman–Crippen LogP) is 1.75. The molecule has 2 aromatic rings. The molecule has 3 atom stereocenters. The van der Waals surface area contributed by atoms with Crippen LogP contribution in [0.3, 0.4) is 0 Å². The molecule has 17 nitrogen and oxygen atoms in total. The normalized spacial score (nSPS) is 13.6. The zero-order valence-electron chi connectivity index (χ0n) is 32.5. The van der Waals surface area contributed by atoms with E-state index < -0.39 is 41.7 Å². The van der Waals surface area contributed by atoms with Gasteiger partial charge in [0.1, 0.15) is 18.7 Å². The van der Waals surface area contributed by atoms with E-state index in [1.165, 1.54) is 0 Å². The number of amides is 4. The zero-order valence-corrected chi connectivity index (χ0v) is 32.5. The second-order valence-electron chi connectivity index (χ2n) is 15.1. The van der Waals surface area contributed by atoms with E-state index in [1.54, 1.807) is 63.6 Å². The molecule has 1 heterocycles. The summed E-state index contributed by atoms with van der Waals surface area (Å²) in [6.45, 7) is 17.7. The molecular formula is C36H61N9O8. The predicted molar refractivity (Wildman–Crippen MR) is 199 cm³/mol. The molecule has 0 aliphatic rings. The first-order valence-corrected chi connectivity index (χ1v) is 18.0. The first-order valence-electron chi connectivity index (χ1n) is 18.0. The highest BCUT2D eigenvalue weighted by Gasteiger charge is 2.29. The van der Waals surface area contributed by atoms with Crippen LogP contribution in [0, 0.1) is 11.3 Å². The Hall–Kier alpha value is -4.16. The van der Waals surface area contributed by atoms with Crippen LogP contribution in [0.1, 0.15) is 79.5 Å². The van der Waals surface area contributed by atoms with Gasteiger partial charge in [-0.3, -0.25) is 25.4 Å². The summed E-state index contributed by atoms with van der Waals surface area (Å²) in [5.41, 5.74) is 6.79. The molecule has 17 heteroatoms. The fourth-order valence-corrected chi connectivity index (χ4v) is 4.56. The van der Waals surface area contributed by atoms with Crippen molar-refractivity contribution in [3.63, 3.8) is 0 Å². The number of ether oxygens (including phenoxy) is 3. The number of aliphatic hydroxyl groups excluding tert-OH is 1. The molecule has 0 saturated carbocycles. The summed E-state index contributed by atoms with van der Waals surface area (Å²) in [6, 6.07) is 4.33. The highest BCUT2D eigenvalue weighted by atomic mass is 16.5. The number of rotatable bonds is 22. The molecular weight excluding hydrogens is 686 g/mol. The average molecular weight is 748 g/mol. The van der Waals surface area contributed by atoms with E-state index in [9.17, 15) is 24.3 Å². The lowest BCUT2D eigenvalue weighted by molar-refractivity contribution is -0.154. The molecule has 4 amide bonds. The second-order valence-corrected chi connectivity index (χ2v) is 15.1. The van der Waals surface area contributed by atoms with Gasteiger partial charge in [-0.2, -0.15) is 0 Å². The number of urea groups is 1. The van der Waals surface area contributed by atoms with Gasteiger partial charge in [0.05, 0.1) is 44.1 Å². The van der Waals surface area contributed by atoms with E-state index in [2.05, 4.69) is 57.7 Å². The minimum atomic E-state index is -1.22. The SMILES string of the molecule is CC(C)[C@H](NC(=O)NCCOCCOCCn1cc(C(C)(C)C)nn1)C(=O)N[C@@H](CCCNC(N)O)C(=O)Nc1ccc(COC(=O)C(C)(C)C)cc1. The van der Waals surface area contributed by atoms with Crippen molar-refractivity contribution in [1.82, 2.24) is 36.3 Å². The molecule has 0 aliphatic heterocycles. The number of esters is 1. The maximum absolute atomic E-state index is 13.4. The summed E-state index contributed by atoms with van der Waals surface area (Å²) in [5.74, 6) is -1.63. The lowest BCUT2D eigenvalue weighted by Gasteiger charge is -2.25. The third-order valence-corrected chi connectivity index (χ3v) is 7.77. The van der Waals surface area contributed by atoms with Crippen molar-refractivity contribution in [3.8, 4) is 0 Å². The number of aromatic nitrogens is 3. The molecule has 0 fully saturated rings. The highest BCUT2D eigenvalue weighted by molar-refractivity contribution is 5.98. The van der Waals surface area contributed by atoms with E-state index in [0.29, 0.717) is 45.0 Å². The number of nitrogens with zero attached hydrogens (tertiary/aromatic N) is 3. The van der Waals surface area contributed by atoms with Crippen LogP contribution < -0.4 is 32.3 Å². The number of hydrogen-bond acceptors (Lipinski definition) is 12. The molecule has 1 aromatic heterocycles. The minimum absolute atomic E-state index is 0.0694. The van der Waals surface area contributed by atoms with Crippen LogP contribution >= 0.6 is 0 Å². The summed E-state index contributed by atoms with van der Waals surface area (Å²) in [6.07, 6.45) is 1.31. The largest absolute Gasteiger partial charge is 0.460 e. The van der Waals surface area contributed by atoms with Crippen molar-refractivity contribution >= 4 is 29.5 Å². The molecule has 53 heavy (non-hydrogen) atoms. The number of carbonyl (C=O) groups excluding carboxylic acids is 4. The Morgan fingerprint density at radius 1 is 0.906 bits per heavy atom. The topological polar surface area (TPSA) is 233 Å². The van der Waals surface area contributed by atoms with Crippen molar-refractivity contribution in [1.29, 1.82) is 0 Å². The number of aliphatic hydroxyl groups is 1. The van der Waals surface area contributed by atoms with Crippen LogP contribution in [0.4, 0.5) is 10.5 Å². The Balaban J connectivity index is 1.82. The number of benzene rings is 1. The van der Waals surface area contributed by atoms with E-state index in [-0.39, 0.29) is 43.5 Å². The van der Waals surface area contributed by atoms with Crippen molar-refractivity contribution in [2.75, 3.05) is 44.8 Å². The van der Waals surface area contributed by atoms with Crippen LogP contribution in [0.25, 0.3) is 0 Å². The Bertz CT molecular complexity index is 1420. The van der Waals surface area contributed by atoms with Crippen LogP contribution in [-0.4, -0.2) is 102 Å². The highest BCUT2D eigenvalue weighted by Crippen LogP contribution is 2.19. The van der Waals surface area contributed by atoms with Crippen molar-refractivity contribution < 1.29 is 38.5 Å². The lowest BCUT2D eigenvalue weighted by Crippen LogP contribution is -2.56. The summed E-state index contributed by atoms with van der Waals surface area (Å²) in [5, 5.41) is 31.2. The molecule has 0 radical (unpaired) electrons. The smallest absolute Gasteiger partial charge is 0.315 e. The maximum atomic E-state index is 13.4. The second kappa shape index (κ2) is 22.1. The number of hydrogen-bond donors (Lipinski definition) is 7. The average Bonchev–Trinajstić information content (AvgIpc) is 3.56. The van der Waals surface area contributed by atoms with Gasteiger partial charge in [-0.05, 0) is 63.8 Å². The van der Waals surface area contributed by atoms with Gasteiger partial charge in [0.25, 0.3) is 0 Å². The summed E-state index contributed by atoms with van der Waals surface area (Å²) in [4.78, 5) is 51.5. The summed E-state index contributed by atoms with van der Waals surface area (Å²) in [7, 11) is 0. The van der Waals surface area contributed by atoms with Crippen molar-refractivity contribution in [3.05, 3.63) is 41.7 Å². The molecule has 1 aromatic carbocycles. The van der Waals surface area contributed by atoms with Gasteiger partial charge in [-0.1, -0.05) is 52.0 Å². The van der Waals surface area contributed by atoms with Gasteiger partial charge in [0, 0.05) is 23.8 Å². The van der Waals surface area contributed by atoms with Crippen LogP contribution in [0.15, 0.2) is 30.5 Å². The van der Waals surface area contributed by atoms with Gasteiger partial charge in [0.2, 0.25) is 11.8 Å². The summed E-state index contributed by atoms with van der Waals surface area (Å²) >= 11 is 0. The minimum Gasteiger partial charge on any atom is -0.460 e. The number of carbonyl (C=O) groups is 4. The van der Waals surface area contributed by atoms with Crippen LogP contribution in [0.5, 0.6) is 0 Å². The van der Waals surface area contributed by atoms with E-state index in [4.69, 9.17) is 19.9 Å². The molecule has 1 unspecified atom stereocenters. The molecule has 0 aliphatic carbocycles. The number of nitrogens with two attached hydrogens (primary N) is 1. The van der Waals surface area contributed by atoms with Gasteiger partial charge in [0.15, 0.2) is 6.35 Å². The fraction of sp³-hybridized carbons (Fsp3) is 0.667. The van der Waals surface area contributed by atoms with E-state index >= 15 is 0 Å². The number of nitrogens with one attached hydrogen (secondary N) is 5. The zero-order chi connectivity index (χ0) is 39.6. The van der Waals surface area contributed by atoms with E-state index in [1.807, 2.05) is 6.20 Å². The van der Waals surface area contributed by atoms with E-state index in [0.717, 1.165) is 11.3 Å². The van der Waals surface area contributed by atoms with Crippen LogP contribution in [-0.2, 0) is 47.2 Å². The quantitative estimate of drug-likeness (QED) is 0.0519. The number of anilines is 1. The third kappa shape index (κ3) is 17.9. The third-order valence-electron chi connectivity index (χ3n) is 7.77. The maximum Gasteiger partial charge on any atom is 0.315 e. The Kier molecular flexibility index (Phi) is 18.8. The first-order chi connectivity index (χ1) is 24.9. The molecule has 8 N–H and O–H groups in total. The fourth-order valence-electron chi connectivity index (χ4n) is 4.56. The molecule has 2 rings (SSSR count). The van der Waals surface area contributed by atoms with Gasteiger partial charge < -0.3 is 40.6 Å². The standard InChI is InChI=1S/C36H61N9O8/c1-24(2)29(42-34(50)39-16-18-51-20-21-52-19-17-45-22-28(43-44-45)35(3,4)5)31(47)41-27(10-9-15-38-33(37)49)30(46)40-26-13-11-25(12-14-26)23-53-32(48)36(6,7)8/h11-14,22,24,27,29,33,38,49H,9-10,15-21,23,37H2,1-8H3,(H,40,46)(H,41,47)(H2,39,42,50)/t27-,29-,33?/m0/s1. The van der Waals surface area contributed by atoms with Gasteiger partial charge >= 0.3 is 12.0 Å². The Morgan fingerprint density at radius 2 is 1.57 bits per heavy atom. The van der Waals surface area contributed by atoms with Crippen molar-refractivity contribution in [2.45, 2.75) is 105 Å². The van der Waals surface area contributed by atoms with Crippen molar-refractivity contribution in [2.24, 2.45) is 17.1 Å². The van der Waals surface area contributed by atoms with Gasteiger partial charge in [-0.25, -0.2) is 9.48 Å². The molecule has 0 bridgehead atoms. The molecule has 0 spiro atoms. The molecule has 0 saturated heterocycles. The Morgan fingerprint density at radius 3 is 2.15 bits per heavy atom.